The standard InChI is InChI=1S/C19H18N4O5S4/c1-10-21-22-19(31-10)30-8-11-7-29-17-14(16(25)23(17)15(11)18(26)27)20-13(24)9-32(28)12-5-3-2-4-6-12/h2-6,14,17H,7-9H2,1H3,(H,20,24)(H,26,27)/t14?,17-,32?/m1/s1. The van der Waals surface area contributed by atoms with Crippen molar-refractivity contribution in [1.29, 1.82) is 0 Å². The molecular formula is C19H18N4O5S4. The normalized spacial score (nSPS) is 21.0. The first kappa shape index (κ1) is 23.0. The van der Waals surface area contributed by atoms with Crippen LogP contribution in [0.2, 0.25) is 0 Å². The van der Waals surface area contributed by atoms with E-state index in [1.54, 1.807) is 30.3 Å². The van der Waals surface area contributed by atoms with Crippen LogP contribution in [0.1, 0.15) is 5.01 Å². The molecule has 9 nitrogen and oxygen atoms in total. The predicted octanol–water partition coefficient (Wildman–Crippen LogP) is 1.49. The summed E-state index contributed by atoms with van der Waals surface area (Å²) < 4.78 is 13.1. The number of aromatic nitrogens is 2. The zero-order valence-electron chi connectivity index (χ0n) is 16.7. The smallest absolute Gasteiger partial charge is 0.352 e. The second-order valence-corrected chi connectivity index (χ2v) is 11.9. The first-order chi connectivity index (χ1) is 15.3. The van der Waals surface area contributed by atoms with Gasteiger partial charge in [-0.25, -0.2) is 4.79 Å². The summed E-state index contributed by atoms with van der Waals surface area (Å²) in [4.78, 5) is 38.8. The van der Waals surface area contributed by atoms with Crippen LogP contribution in [-0.4, -0.2) is 70.9 Å². The molecule has 2 aliphatic rings. The van der Waals surface area contributed by atoms with E-state index in [2.05, 4.69) is 15.5 Å². The lowest BCUT2D eigenvalue weighted by atomic mass is 10.0. The summed E-state index contributed by atoms with van der Waals surface area (Å²) in [6.07, 6.45) is 0. The fraction of sp³-hybridized carbons (Fsp3) is 0.316. The highest BCUT2D eigenvalue weighted by atomic mass is 32.2. The number of benzene rings is 1. The largest absolute Gasteiger partial charge is 0.477 e. The third-order valence-electron chi connectivity index (χ3n) is 4.71. The van der Waals surface area contributed by atoms with E-state index in [1.165, 1.54) is 39.8 Å². The monoisotopic (exact) mass is 510 g/mol. The first-order valence-corrected chi connectivity index (χ1v) is 13.6. The van der Waals surface area contributed by atoms with Crippen molar-refractivity contribution in [2.75, 3.05) is 17.3 Å². The molecule has 13 heteroatoms. The van der Waals surface area contributed by atoms with Gasteiger partial charge in [0.15, 0.2) is 4.34 Å². The van der Waals surface area contributed by atoms with Gasteiger partial charge in [-0.05, 0) is 24.6 Å². The van der Waals surface area contributed by atoms with Crippen molar-refractivity contribution < 1.29 is 23.7 Å². The highest BCUT2D eigenvalue weighted by Crippen LogP contribution is 2.41. The van der Waals surface area contributed by atoms with Crippen LogP contribution in [0.4, 0.5) is 0 Å². The summed E-state index contributed by atoms with van der Waals surface area (Å²) in [5.74, 6) is -1.64. The number of carboxylic acid groups (broad SMARTS) is 1. The molecule has 2 aliphatic heterocycles. The lowest BCUT2D eigenvalue weighted by Crippen LogP contribution is -2.70. The zero-order chi connectivity index (χ0) is 22.8. The Bertz CT molecular complexity index is 1120. The molecule has 168 valence electrons. The van der Waals surface area contributed by atoms with Crippen molar-refractivity contribution >= 4 is 63.4 Å². The number of thioether (sulfide) groups is 2. The van der Waals surface area contributed by atoms with Gasteiger partial charge in [-0.2, -0.15) is 0 Å². The Labute approximate surface area is 198 Å². The van der Waals surface area contributed by atoms with Gasteiger partial charge in [0.2, 0.25) is 5.91 Å². The molecule has 3 heterocycles. The van der Waals surface area contributed by atoms with E-state index in [-0.39, 0.29) is 11.4 Å². The number of carboxylic acids is 1. The fourth-order valence-corrected chi connectivity index (χ4v) is 7.52. The van der Waals surface area contributed by atoms with E-state index < -0.39 is 40.0 Å². The van der Waals surface area contributed by atoms with Gasteiger partial charge in [-0.1, -0.05) is 41.3 Å². The van der Waals surface area contributed by atoms with Gasteiger partial charge < -0.3 is 10.4 Å². The lowest BCUT2D eigenvalue weighted by Gasteiger charge is -2.49. The second kappa shape index (κ2) is 9.73. The first-order valence-electron chi connectivity index (χ1n) is 9.41. The van der Waals surface area contributed by atoms with Gasteiger partial charge in [0, 0.05) is 16.4 Å². The molecule has 1 aromatic heterocycles. The Balaban J connectivity index is 1.40. The van der Waals surface area contributed by atoms with Gasteiger partial charge >= 0.3 is 5.97 Å². The molecule has 0 saturated carbocycles. The maximum atomic E-state index is 12.7. The van der Waals surface area contributed by atoms with Crippen molar-refractivity contribution in [3.05, 3.63) is 46.6 Å². The quantitative estimate of drug-likeness (QED) is 0.401. The van der Waals surface area contributed by atoms with E-state index in [0.717, 1.165) is 9.35 Å². The van der Waals surface area contributed by atoms with Crippen LogP contribution in [0, 0.1) is 6.92 Å². The Hall–Kier alpha value is -2.22. The summed E-state index contributed by atoms with van der Waals surface area (Å²) in [5.41, 5.74) is 0.589. The summed E-state index contributed by atoms with van der Waals surface area (Å²) in [5, 5.41) is 20.7. The van der Waals surface area contributed by atoms with Crippen molar-refractivity contribution in [2.45, 2.75) is 27.6 Å². The summed E-state index contributed by atoms with van der Waals surface area (Å²) >= 11 is 4.20. The topological polar surface area (TPSA) is 130 Å². The summed E-state index contributed by atoms with van der Waals surface area (Å²) in [7, 11) is -1.53. The molecule has 3 atom stereocenters. The Kier molecular flexibility index (Phi) is 6.98. The van der Waals surface area contributed by atoms with Crippen molar-refractivity contribution in [3.63, 3.8) is 0 Å². The number of aliphatic carboxylic acids is 1. The molecule has 0 aliphatic carbocycles. The maximum Gasteiger partial charge on any atom is 0.352 e. The van der Waals surface area contributed by atoms with E-state index in [0.29, 0.717) is 22.0 Å². The van der Waals surface area contributed by atoms with Gasteiger partial charge in [0.1, 0.15) is 27.9 Å². The van der Waals surface area contributed by atoms with E-state index in [9.17, 15) is 23.7 Å². The molecule has 0 radical (unpaired) electrons. The molecule has 1 fully saturated rings. The van der Waals surface area contributed by atoms with E-state index in [4.69, 9.17) is 0 Å². The highest BCUT2D eigenvalue weighted by Gasteiger charge is 2.54. The van der Waals surface area contributed by atoms with Crippen LogP contribution in [0.3, 0.4) is 0 Å². The average molecular weight is 511 g/mol. The molecule has 0 bridgehead atoms. The molecular weight excluding hydrogens is 493 g/mol. The Morgan fingerprint density at radius 3 is 2.72 bits per heavy atom. The minimum atomic E-state index is -1.53. The van der Waals surface area contributed by atoms with Gasteiger partial charge in [-0.15, -0.1) is 22.0 Å². The molecule has 1 aromatic carbocycles. The number of nitrogens with one attached hydrogen (secondary N) is 1. The minimum Gasteiger partial charge on any atom is -0.477 e. The third-order valence-corrected chi connectivity index (χ3v) is 9.43. The van der Waals surface area contributed by atoms with Crippen molar-refractivity contribution in [1.82, 2.24) is 20.4 Å². The number of rotatable bonds is 8. The van der Waals surface area contributed by atoms with Crippen LogP contribution in [-0.2, 0) is 25.2 Å². The molecule has 2 N–H and O–H groups in total. The number of amides is 2. The van der Waals surface area contributed by atoms with Crippen LogP contribution >= 0.6 is 34.9 Å². The van der Waals surface area contributed by atoms with Gasteiger partial charge in [0.05, 0.1) is 10.8 Å². The summed E-state index contributed by atoms with van der Waals surface area (Å²) in [6.45, 7) is 1.84. The van der Waals surface area contributed by atoms with Crippen LogP contribution < -0.4 is 5.32 Å². The van der Waals surface area contributed by atoms with Crippen LogP contribution in [0.5, 0.6) is 0 Å². The number of fused-ring (bicyclic) bond motifs is 1. The maximum absolute atomic E-state index is 12.7. The van der Waals surface area contributed by atoms with Gasteiger partial charge in [0.25, 0.3) is 5.91 Å². The van der Waals surface area contributed by atoms with Crippen molar-refractivity contribution in [2.24, 2.45) is 0 Å². The molecule has 2 unspecified atom stereocenters. The fourth-order valence-electron chi connectivity index (χ4n) is 3.27. The van der Waals surface area contributed by atoms with E-state index in [1.807, 2.05) is 6.92 Å². The number of carbonyl (C=O) groups excluding carboxylic acids is 2. The molecule has 2 aromatic rings. The second-order valence-electron chi connectivity index (χ2n) is 6.89. The van der Waals surface area contributed by atoms with Crippen LogP contribution in [0.15, 0.2) is 50.8 Å². The molecule has 0 spiro atoms. The molecule has 1 saturated heterocycles. The SMILES string of the molecule is Cc1nnc(SCC2=C(C(=O)O)N3C(=O)C(NC(=O)CS(=O)c4ccccc4)[C@H]3SC2)s1. The van der Waals surface area contributed by atoms with Gasteiger partial charge in [-0.3, -0.25) is 18.7 Å². The number of aryl methyl sites for hydroxylation is 1. The van der Waals surface area contributed by atoms with Crippen LogP contribution in [0.25, 0.3) is 0 Å². The van der Waals surface area contributed by atoms with Crippen molar-refractivity contribution in [3.8, 4) is 0 Å². The Morgan fingerprint density at radius 2 is 2.06 bits per heavy atom. The number of carbonyl (C=O) groups is 3. The number of hydrogen-bond acceptors (Lipinski definition) is 9. The molecule has 2 amide bonds. The number of nitrogens with zero attached hydrogens (tertiary/aromatic N) is 3. The van der Waals surface area contributed by atoms with E-state index >= 15 is 0 Å². The molecule has 32 heavy (non-hydrogen) atoms. The summed E-state index contributed by atoms with van der Waals surface area (Å²) in [6, 6.07) is 7.76. The predicted molar refractivity (Wildman–Crippen MR) is 123 cm³/mol. The number of β-lactam (4-membered cyclic amide) rings is 1. The number of hydrogen-bond donors (Lipinski definition) is 2. The molecule has 4 rings (SSSR count). The average Bonchev–Trinajstić information content (AvgIpc) is 3.20. The Morgan fingerprint density at radius 1 is 1.31 bits per heavy atom. The third kappa shape index (κ3) is 4.75. The highest BCUT2D eigenvalue weighted by molar-refractivity contribution is 8.01. The lowest BCUT2D eigenvalue weighted by molar-refractivity contribution is -0.150. The minimum absolute atomic E-state index is 0.0363. The zero-order valence-corrected chi connectivity index (χ0v) is 20.0.